The summed E-state index contributed by atoms with van der Waals surface area (Å²) in [6.45, 7) is 4.69. The van der Waals surface area contributed by atoms with Crippen LogP contribution in [0.25, 0.3) is 22.0 Å². The van der Waals surface area contributed by atoms with Crippen LogP contribution in [-0.2, 0) is 6.54 Å². The van der Waals surface area contributed by atoms with Gasteiger partial charge in [0.2, 0.25) is 0 Å². The van der Waals surface area contributed by atoms with Gasteiger partial charge in [-0.1, -0.05) is 6.07 Å². The summed E-state index contributed by atoms with van der Waals surface area (Å²) in [6, 6.07) is 8.14. The lowest BCUT2D eigenvalue weighted by Gasteiger charge is -2.10. The minimum Gasteiger partial charge on any atom is -0.348 e. The average Bonchev–Trinajstić information content (AvgIpc) is 2.97. The van der Waals surface area contributed by atoms with E-state index in [1.807, 2.05) is 58.5 Å². The van der Waals surface area contributed by atoms with Gasteiger partial charge in [-0.3, -0.25) is 14.9 Å². The molecule has 2 N–H and O–H groups in total. The number of rotatable bonds is 5. The van der Waals surface area contributed by atoms with Crippen molar-refractivity contribution in [2.75, 3.05) is 14.1 Å². The largest absolute Gasteiger partial charge is 0.348 e. The molecule has 25 heavy (non-hydrogen) atoms. The van der Waals surface area contributed by atoms with Crippen molar-refractivity contribution >= 4 is 16.8 Å². The SMILES string of the molecule is CC(C)NC(=O)c1n[nH]c2ccc(-c3cncc(CN(C)C)c3)cc12. The number of carbonyl (C=O) groups is 1. The molecule has 1 aromatic carbocycles. The second-order valence-electron chi connectivity index (χ2n) is 6.78. The second-order valence-corrected chi connectivity index (χ2v) is 6.78. The molecule has 6 heteroatoms. The van der Waals surface area contributed by atoms with Crippen molar-refractivity contribution in [3.63, 3.8) is 0 Å². The Kier molecular flexibility index (Phi) is 4.81. The standard InChI is InChI=1S/C19H23N5O/c1-12(2)21-19(25)18-16-8-14(5-6-17(16)22-23-18)15-7-13(9-20-10-15)11-24(3)4/h5-10,12H,11H2,1-4H3,(H,21,25)(H,22,23). The Labute approximate surface area is 147 Å². The van der Waals surface area contributed by atoms with E-state index < -0.39 is 0 Å². The lowest BCUT2D eigenvalue weighted by Crippen LogP contribution is -2.30. The van der Waals surface area contributed by atoms with Gasteiger partial charge in [0.25, 0.3) is 5.91 Å². The number of aromatic nitrogens is 3. The van der Waals surface area contributed by atoms with Gasteiger partial charge in [0.1, 0.15) is 0 Å². The van der Waals surface area contributed by atoms with Crippen molar-refractivity contribution in [1.82, 2.24) is 25.4 Å². The molecule has 0 aliphatic rings. The molecular formula is C19H23N5O. The maximum atomic E-state index is 12.3. The van der Waals surface area contributed by atoms with Crippen molar-refractivity contribution < 1.29 is 4.79 Å². The van der Waals surface area contributed by atoms with Gasteiger partial charge in [0.05, 0.1) is 5.52 Å². The number of nitrogens with zero attached hydrogens (tertiary/aromatic N) is 3. The zero-order valence-electron chi connectivity index (χ0n) is 15.0. The Balaban J connectivity index is 1.99. The Morgan fingerprint density at radius 3 is 2.72 bits per heavy atom. The van der Waals surface area contributed by atoms with Gasteiger partial charge in [-0.25, -0.2) is 0 Å². The summed E-state index contributed by atoms with van der Waals surface area (Å²) in [5, 5.41) is 10.8. The first-order valence-corrected chi connectivity index (χ1v) is 8.32. The summed E-state index contributed by atoms with van der Waals surface area (Å²) in [4.78, 5) is 18.8. The fourth-order valence-corrected chi connectivity index (χ4v) is 2.79. The van der Waals surface area contributed by atoms with Gasteiger partial charge in [-0.05, 0) is 57.3 Å². The van der Waals surface area contributed by atoms with Crippen LogP contribution in [0.5, 0.6) is 0 Å². The van der Waals surface area contributed by atoms with Crippen LogP contribution in [-0.4, -0.2) is 46.1 Å². The summed E-state index contributed by atoms with van der Waals surface area (Å²) < 4.78 is 0. The van der Waals surface area contributed by atoms with E-state index >= 15 is 0 Å². The predicted molar refractivity (Wildman–Crippen MR) is 99.3 cm³/mol. The molecule has 0 aliphatic heterocycles. The van der Waals surface area contributed by atoms with Gasteiger partial charge >= 0.3 is 0 Å². The van der Waals surface area contributed by atoms with Crippen molar-refractivity contribution in [2.24, 2.45) is 0 Å². The van der Waals surface area contributed by atoms with Crippen LogP contribution >= 0.6 is 0 Å². The van der Waals surface area contributed by atoms with Crippen molar-refractivity contribution in [2.45, 2.75) is 26.4 Å². The molecule has 0 atom stereocenters. The quantitative estimate of drug-likeness (QED) is 0.751. The first-order valence-electron chi connectivity index (χ1n) is 8.32. The highest BCUT2D eigenvalue weighted by Crippen LogP contribution is 2.25. The Morgan fingerprint density at radius 2 is 2.00 bits per heavy atom. The molecule has 0 saturated carbocycles. The van der Waals surface area contributed by atoms with Crippen LogP contribution in [0.2, 0.25) is 0 Å². The van der Waals surface area contributed by atoms with E-state index in [9.17, 15) is 4.79 Å². The minimum atomic E-state index is -0.169. The summed E-state index contributed by atoms with van der Waals surface area (Å²) >= 11 is 0. The number of hydrogen-bond donors (Lipinski definition) is 2. The first kappa shape index (κ1) is 17.1. The molecule has 0 unspecified atom stereocenters. The van der Waals surface area contributed by atoms with Gasteiger partial charge in [0, 0.05) is 35.9 Å². The third kappa shape index (κ3) is 3.85. The molecule has 0 spiro atoms. The van der Waals surface area contributed by atoms with Crippen LogP contribution < -0.4 is 5.32 Å². The fraction of sp³-hybridized carbons (Fsp3) is 0.316. The van der Waals surface area contributed by atoms with E-state index in [1.165, 1.54) is 0 Å². The molecule has 2 aromatic heterocycles. The number of fused-ring (bicyclic) bond motifs is 1. The first-order chi connectivity index (χ1) is 11.9. The average molecular weight is 337 g/mol. The zero-order chi connectivity index (χ0) is 18.0. The van der Waals surface area contributed by atoms with Gasteiger partial charge < -0.3 is 10.2 Å². The van der Waals surface area contributed by atoms with Gasteiger partial charge in [0.15, 0.2) is 5.69 Å². The molecule has 1 amide bonds. The Hall–Kier alpha value is -2.73. The minimum absolute atomic E-state index is 0.0642. The highest BCUT2D eigenvalue weighted by Gasteiger charge is 2.15. The number of amides is 1. The van der Waals surface area contributed by atoms with E-state index in [-0.39, 0.29) is 11.9 Å². The fourth-order valence-electron chi connectivity index (χ4n) is 2.79. The Bertz CT molecular complexity index is 898. The van der Waals surface area contributed by atoms with Crippen LogP contribution in [0.4, 0.5) is 0 Å². The smallest absolute Gasteiger partial charge is 0.272 e. The third-order valence-corrected chi connectivity index (χ3v) is 3.82. The molecule has 130 valence electrons. The lowest BCUT2D eigenvalue weighted by atomic mass is 10.0. The number of H-pyrrole nitrogens is 1. The highest BCUT2D eigenvalue weighted by atomic mass is 16.2. The summed E-state index contributed by atoms with van der Waals surface area (Å²) in [5.41, 5.74) is 4.45. The van der Waals surface area contributed by atoms with E-state index in [1.54, 1.807) is 0 Å². The van der Waals surface area contributed by atoms with Gasteiger partial charge in [-0.2, -0.15) is 5.10 Å². The van der Waals surface area contributed by atoms with Crippen LogP contribution in [0.1, 0.15) is 29.9 Å². The van der Waals surface area contributed by atoms with E-state index in [0.29, 0.717) is 5.69 Å². The number of hydrogen-bond acceptors (Lipinski definition) is 4. The maximum absolute atomic E-state index is 12.3. The Morgan fingerprint density at radius 1 is 1.20 bits per heavy atom. The second kappa shape index (κ2) is 7.03. The molecule has 3 rings (SSSR count). The highest BCUT2D eigenvalue weighted by molar-refractivity contribution is 6.05. The molecular weight excluding hydrogens is 314 g/mol. The molecule has 0 saturated heterocycles. The third-order valence-electron chi connectivity index (χ3n) is 3.82. The van der Waals surface area contributed by atoms with E-state index in [2.05, 4.69) is 31.5 Å². The molecule has 0 aliphatic carbocycles. The lowest BCUT2D eigenvalue weighted by molar-refractivity contribution is 0.0939. The number of nitrogens with one attached hydrogen (secondary N) is 2. The van der Waals surface area contributed by atoms with Crippen LogP contribution in [0.3, 0.4) is 0 Å². The molecule has 0 radical (unpaired) electrons. The number of benzene rings is 1. The summed E-state index contributed by atoms with van der Waals surface area (Å²) in [7, 11) is 4.06. The van der Waals surface area contributed by atoms with Crippen molar-refractivity contribution in [1.29, 1.82) is 0 Å². The molecule has 3 aromatic rings. The van der Waals surface area contributed by atoms with Gasteiger partial charge in [-0.15, -0.1) is 0 Å². The van der Waals surface area contributed by atoms with E-state index in [0.717, 1.165) is 34.1 Å². The molecule has 0 bridgehead atoms. The predicted octanol–water partition coefficient (Wildman–Crippen LogP) is 2.82. The van der Waals surface area contributed by atoms with Crippen molar-refractivity contribution in [3.05, 3.63) is 47.9 Å². The summed E-state index contributed by atoms with van der Waals surface area (Å²) in [5.74, 6) is -0.169. The van der Waals surface area contributed by atoms with Crippen LogP contribution in [0, 0.1) is 0 Å². The number of aromatic amines is 1. The number of pyridine rings is 1. The monoisotopic (exact) mass is 337 g/mol. The molecule has 2 heterocycles. The number of carbonyl (C=O) groups excluding carboxylic acids is 1. The normalized spacial score (nSPS) is 11.4. The van der Waals surface area contributed by atoms with Crippen LogP contribution in [0.15, 0.2) is 36.7 Å². The molecule has 6 nitrogen and oxygen atoms in total. The van der Waals surface area contributed by atoms with E-state index in [4.69, 9.17) is 0 Å². The molecule has 0 fully saturated rings. The zero-order valence-corrected chi connectivity index (χ0v) is 15.0. The topological polar surface area (TPSA) is 73.9 Å². The summed E-state index contributed by atoms with van der Waals surface area (Å²) in [6.07, 6.45) is 3.72. The van der Waals surface area contributed by atoms with Crippen molar-refractivity contribution in [3.8, 4) is 11.1 Å². The maximum Gasteiger partial charge on any atom is 0.272 e.